The Morgan fingerprint density at radius 1 is 1.14 bits per heavy atom. The van der Waals surface area contributed by atoms with Gasteiger partial charge >= 0.3 is 0 Å². The summed E-state index contributed by atoms with van der Waals surface area (Å²) in [5.74, 6) is 0. The average Bonchev–Trinajstić information content (AvgIpc) is 2.52. The first-order chi connectivity index (χ1) is 10.6. The Labute approximate surface area is 127 Å². The number of nitrogens with one attached hydrogen (secondary N) is 1. The van der Waals surface area contributed by atoms with Crippen molar-refractivity contribution in [3.63, 3.8) is 0 Å². The minimum atomic E-state index is -0.399. The molecule has 0 saturated heterocycles. The van der Waals surface area contributed by atoms with Gasteiger partial charge in [-0.3, -0.25) is 15.1 Å². The zero-order valence-corrected chi connectivity index (χ0v) is 12.3. The lowest BCUT2D eigenvalue weighted by Crippen LogP contribution is -1.96. The second-order valence-electron chi connectivity index (χ2n) is 5.19. The summed E-state index contributed by atoms with van der Waals surface area (Å²) in [6.45, 7) is 4.10. The molecule has 0 aliphatic rings. The molecule has 1 N–H and O–H groups in total. The average molecular weight is 293 g/mol. The van der Waals surface area contributed by atoms with E-state index < -0.39 is 4.92 Å². The molecule has 0 fully saturated rings. The number of pyridine rings is 1. The molecule has 22 heavy (non-hydrogen) atoms. The molecule has 0 amide bonds. The van der Waals surface area contributed by atoms with Crippen LogP contribution in [0.25, 0.3) is 10.9 Å². The lowest BCUT2D eigenvalue weighted by molar-refractivity contribution is -0.384. The molecular weight excluding hydrogens is 278 g/mol. The molecule has 0 aliphatic heterocycles. The van der Waals surface area contributed by atoms with Gasteiger partial charge in [0.15, 0.2) is 0 Å². The second-order valence-corrected chi connectivity index (χ2v) is 5.19. The standard InChI is InChI=1S/C17H15N3O2/c1-11-6-7-15-16(8-9-18-17(15)12(11)2)19-13-4-3-5-14(10-13)20(21)22/h3-10H,1-2H3,(H,18,19). The van der Waals surface area contributed by atoms with Crippen LogP contribution in [-0.2, 0) is 0 Å². The summed E-state index contributed by atoms with van der Waals surface area (Å²) in [6, 6.07) is 12.4. The van der Waals surface area contributed by atoms with E-state index in [-0.39, 0.29) is 5.69 Å². The van der Waals surface area contributed by atoms with Crippen LogP contribution < -0.4 is 5.32 Å². The highest BCUT2D eigenvalue weighted by atomic mass is 16.6. The van der Waals surface area contributed by atoms with E-state index in [0.717, 1.165) is 22.2 Å². The van der Waals surface area contributed by atoms with Gasteiger partial charge in [-0.2, -0.15) is 0 Å². The van der Waals surface area contributed by atoms with Crippen LogP contribution in [0, 0.1) is 24.0 Å². The number of nitrogens with zero attached hydrogens (tertiary/aromatic N) is 2. The summed E-state index contributed by atoms with van der Waals surface area (Å²) in [5.41, 5.74) is 4.90. The number of fused-ring (bicyclic) bond motifs is 1. The summed E-state index contributed by atoms with van der Waals surface area (Å²) in [7, 11) is 0. The van der Waals surface area contributed by atoms with Crippen LogP contribution in [0.3, 0.4) is 0 Å². The van der Waals surface area contributed by atoms with Crippen molar-refractivity contribution in [3.05, 3.63) is 69.9 Å². The summed E-state index contributed by atoms with van der Waals surface area (Å²) in [6.07, 6.45) is 1.74. The minimum Gasteiger partial charge on any atom is -0.355 e. The van der Waals surface area contributed by atoms with E-state index >= 15 is 0 Å². The third-order valence-electron chi connectivity index (χ3n) is 3.77. The van der Waals surface area contributed by atoms with Crippen molar-refractivity contribution in [2.45, 2.75) is 13.8 Å². The van der Waals surface area contributed by atoms with Crippen molar-refractivity contribution in [2.24, 2.45) is 0 Å². The van der Waals surface area contributed by atoms with E-state index in [1.54, 1.807) is 18.3 Å². The fraction of sp³-hybridized carbons (Fsp3) is 0.118. The van der Waals surface area contributed by atoms with Gasteiger partial charge in [-0.25, -0.2) is 0 Å². The number of nitro benzene ring substituents is 1. The predicted molar refractivity (Wildman–Crippen MR) is 87.6 cm³/mol. The van der Waals surface area contributed by atoms with Gasteiger partial charge in [-0.05, 0) is 37.1 Å². The van der Waals surface area contributed by atoms with E-state index in [1.165, 1.54) is 17.7 Å². The van der Waals surface area contributed by atoms with Crippen LogP contribution >= 0.6 is 0 Å². The van der Waals surface area contributed by atoms with E-state index in [1.807, 2.05) is 19.1 Å². The lowest BCUT2D eigenvalue weighted by atomic mass is 10.0. The summed E-state index contributed by atoms with van der Waals surface area (Å²) >= 11 is 0. The third kappa shape index (κ3) is 2.48. The van der Waals surface area contributed by atoms with Gasteiger partial charge in [0.1, 0.15) is 0 Å². The van der Waals surface area contributed by atoms with Gasteiger partial charge in [0.05, 0.1) is 10.4 Å². The highest BCUT2D eigenvalue weighted by Gasteiger charge is 2.09. The first-order valence-corrected chi connectivity index (χ1v) is 6.92. The van der Waals surface area contributed by atoms with Gasteiger partial charge in [-0.15, -0.1) is 0 Å². The maximum atomic E-state index is 10.9. The molecule has 0 aliphatic carbocycles. The highest BCUT2D eigenvalue weighted by Crippen LogP contribution is 2.29. The maximum Gasteiger partial charge on any atom is 0.271 e. The fourth-order valence-electron chi connectivity index (χ4n) is 2.42. The molecule has 2 aromatic carbocycles. The first-order valence-electron chi connectivity index (χ1n) is 6.92. The predicted octanol–water partition coefficient (Wildman–Crippen LogP) is 4.50. The Bertz CT molecular complexity index is 875. The maximum absolute atomic E-state index is 10.9. The molecule has 0 radical (unpaired) electrons. The first kappa shape index (κ1) is 14.0. The largest absolute Gasteiger partial charge is 0.355 e. The second kappa shape index (κ2) is 5.44. The van der Waals surface area contributed by atoms with Gasteiger partial charge in [0.2, 0.25) is 0 Å². The van der Waals surface area contributed by atoms with E-state index in [9.17, 15) is 10.1 Å². The Morgan fingerprint density at radius 3 is 2.73 bits per heavy atom. The zero-order valence-electron chi connectivity index (χ0n) is 12.3. The van der Waals surface area contributed by atoms with Crippen molar-refractivity contribution in [1.29, 1.82) is 0 Å². The summed E-state index contributed by atoms with van der Waals surface area (Å²) in [4.78, 5) is 14.9. The number of aromatic nitrogens is 1. The quantitative estimate of drug-likeness (QED) is 0.570. The van der Waals surface area contributed by atoms with Crippen LogP contribution in [0.4, 0.5) is 17.1 Å². The normalized spacial score (nSPS) is 10.6. The van der Waals surface area contributed by atoms with Crippen molar-refractivity contribution in [1.82, 2.24) is 4.98 Å². The summed E-state index contributed by atoms with van der Waals surface area (Å²) in [5, 5.41) is 15.1. The Hall–Kier alpha value is -2.95. The number of anilines is 2. The van der Waals surface area contributed by atoms with Gasteiger partial charge < -0.3 is 5.32 Å². The molecule has 0 saturated carbocycles. The molecule has 3 aromatic rings. The van der Waals surface area contributed by atoms with E-state index in [0.29, 0.717) is 5.69 Å². The number of rotatable bonds is 3. The Balaban J connectivity index is 2.06. The monoisotopic (exact) mass is 293 g/mol. The van der Waals surface area contributed by atoms with Gasteiger partial charge in [0.25, 0.3) is 5.69 Å². The SMILES string of the molecule is Cc1ccc2c(Nc3cccc([N+](=O)[O-])c3)ccnc2c1C. The number of nitro groups is 1. The van der Waals surface area contributed by atoms with Crippen molar-refractivity contribution in [3.8, 4) is 0 Å². The van der Waals surface area contributed by atoms with Crippen LogP contribution in [0.1, 0.15) is 11.1 Å². The van der Waals surface area contributed by atoms with E-state index in [4.69, 9.17) is 0 Å². The topological polar surface area (TPSA) is 68.1 Å². The van der Waals surface area contributed by atoms with Crippen molar-refractivity contribution >= 4 is 28.0 Å². The summed E-state index contributed by atoms with van der Waals surface area (Å²) < 4.78 is 0. The van der Waals surface area contributed by atoms with E-state index in [2.05, 4.69) is 23.3 Å². The molecule has 0 unspecified atom stereocenters. The highest BCUT2D eigenvalue weighted by molar-refractivity contribution is 5.95. The molecule has 3 rings (SSSR count). The Kier molecular flexibility index (Phi) is 3.47. The Morgan fingerprint density at radius 2 is 1.95 bits per heavy atom. The van der Waals surface area contributed by atoms with Crippen LogP contribution in [0.2, 0.25) is 0 Å². The van der Waals surface area contributed by atoms with Gasteiger partial charge in [-0.1, -0.05) is 18.2 Å². The molecule has 1 heterocycles. The number of non-ortho nitro benzene ring substituents is 1. The molecule has 5 nitrogen and oxygen atoms in total. The molecule has 1 aromatic heterocycles. The smallest absolute Gasteiger partial charge is 0.271 e. The number of hydrogen-bond donors (Lipinski definition) is 1. The lowest BCUT2D eigenvalue weighted by Gasteiger charge is -2.11. The fourth-order valence-corrected chi connectivity index (χ4v) is 2.42. The molecule has 110 valence electrons. The zero-order chi connectivity index (χ0) is 15.7. The number of benzene rings is 2. The molecule has 0 atom stereocenters. The third-order valence-corrected chi connectivity index (χ3v) is 3.77. The molecule has 0 bridgehead atoms. The van der Waals surface area contributed by atoms with Crippen molar-refractivity contribution in [2.75, 3.05) is 5.32 Å². The molecule has 5 heteroatoms. The van der Waals surface area contributed by atoms with Crippen LogP contribution in [-0.4, -0.2) is 9.91 Å². The molecule has 0 spiro atoms. The molecular formula is C17H15N3O2. The van der Waals surface area contributed by atoms with Crippen LogP contribution in [0.5, 0.6) is 0 Å². The van der Waals surface area contributed by atoms with Gasteiger partial charge in [0, 0.05) is 35.1 Å². The minimum absolute atomic E-state index is 0.0652. The number of hydrogen-bond acceptors (Lipinski definition) is 4. The number of aryl methyl sites for hydroxylation is 2. The van der Waals surface area contributed by atoms with Crippen molar-refractivity contribution < 1.29 is 4.92 Å². The van der Waals surface area contributed by atoms with Crippen LogP contribution in [0.15, 0.2) is 48.7 Å².